The highest BCUT2D eigenvalue weighted by Gasteiger charge is 2.22. The van der Waals surface area contributed by atoms with Gasteiger partial charge < -0.3 is 0 Å². The summed E-state index contributed by atoms with van der Waals surface area (Å²) in [6.07, 6.45) is 4.72. The average molecular weight is 475 g/mol. The summed E-state index contributed by atoms with van der Waals surface area (Å²) in [4.78, 5) is 19.2. The van der Waals surface area contributed by atoms with Crippen LogP contribution in [-0.4, -0.2) is 19.9 Å². The molecule has 4 aromatic carbocycles. The normalized spacial score (nSPS) is 11.7. The summed E-state index contributed by atoms with van der Waals surface area (Å²) < 4.78 is 0. The Morgan fingerprint density at radius 3 is 1.68 bits per heavy atom. The first-order chi connectivity index (χ1) is 18.3. The molecule has 4 heteroatoms. The molecule has 0 saturated carbocycles. The summed E-state index contributed by atoms with van der Waals surface area (Å²) >= 11 is 0. The molecular weight excluding hydrogens is 452 g/mol. The van der Waals surface area contributed by atoms with Crippen molar-refractivity contribution in [2.75, 3.05) is 0 Å². The van der Waals surface area contributed by atoms with Crippen molar-refractivity contribution < 1.29 is 0 Å². The topological polar surface area (TPSA) is 51.6 Å². The van der Waals surface area contributed by atoms with Crippen LogP contribution in [0.4, 0.5) is 0 Å². The fourth-order valence-corrected chi connectivity index (χ4v) is 5.08. The second-order valence-corrected chi connectivity index (χ2v) is 9.17. The number of pyridine rings is 1. The van der Waals surface area contributed by atoms with Gasteiger partial charge in [0.05, 0.1) is 0 Å². The van der Waals surface area contributed by atoms with Gasteiger partial charge >= 0.3 is 0 Å². The number of nitrogens with zero attached hydrogens (tertiary/aromatic N) is 4. The van der Waals surface area contributed by atoms with E-state index in [0.29, 0.717) is 17.5 Å². The van der Waals surface area contributed by atoms with Crippen LogP contribution < -0.4 is 0 Å². The molecule has 1 aliphatic rings. The molecule has 1 aliphatic carbocycles. The Balaban J connectivity index is 1.38. The lowest BCUT2D eigenvalue weighted by Crippen LogP contribution is -2.00. The first-order valence-electron chi connectivity index (χ1n) is 12.4. The third-order valence-corrected chi connectivity index (χ3v) is 6.83. The lowest BCUT2D eigenvalue weighted by atomic mass is 9.94. The van der Waals surface area contributed by atoms with Crippen LogP contribution in [0.5, 0.6) is 0 Å². The summed E-state index contributed by atoms with van der Waals surface area (Å²) in [5.41, 5.74) is 10.3. The number of rotatable bonds is 4. The van der Waals surface area contributed by atoms with E-state index >= 15 is 0 Å². The van der Waals surface area contributed by atoms with Crippen LogP contribution in [-0.2, 0) is 6.42 Å². The van der Waals surface area contributed by atoms with Crippen LogP contribution in [0.1, 0.15) is 11.1 Å². The van der Waals surface area contributed by atoms with Crippen LogP contribution in [0.3, 0.4) is 0 Å². The van der Waals surface area contributed by atoms with Gasteiger partial charge in [-0.25, -0.2) is 15.0 Å². The predicted octanol–water partition coefficient (Wildman–Crippen LogP) is 7.51. The number of aromatic nitrogens is 4. The van der Waals surface area contributed by atoms with Gasteiger partial charge in [0.1, 0.15) is 0 Å². The van der Waals surface area contributed by atoms with Gasteiger partial charge in [0.25, 0.3) is 0 Å². The molecule has 0 saturated heterocycles. The Morgan fingerprint density at radius 1 is 0.432 bits per heavy atom. The average Bonchev–Trinajstić information content (AvgIpc) is 3.37. The lowest BCUT2D eigenvalue weighted by molar-refractivity contribution is 1.07. The highest BCUT2D eigenvalue weighted by Crippen LogP contribution is 2.43. The predicted molar refractivity (Wildman–Crippen MR) is 148 cm³/mol. The van der Waals surface area contributed by atoms with Crippen LogP contribution in [0.15, 0.2) is 122 Å². The van der Waals surface area contributed by atoms with Gasteiger partial charge in [-0.05, 0) is 40.3 Å². The molecule has 0 spiro atoms. The van der Waals surface area contributed by atoms with Gasteiger partial charge in [-0.1, -0.05) is 103 Å². The summed E-state index contributed by atoms with van der Waals surface area (Å²) in [6, 6.07) is 37.4. The molecule has 0 unspecified atom stereocenters. The SMILES string of the molecule is c1ccc(-c2nc(-c3ccccc3)nc(-c3cncc(-c4cccc5c4-c4ccccc4C5)c3)n2)cc1. The van der Waals surface area contributed by atoms with Gasteiger partial charge in [0, 0.05) is 34.6 Å². The Bertz CT molecular complexity index is 1690. The first kappa shape index (κ1) is 21.3. The molecule has 0 aliphatic heterocycles. The summed E-state index contributed by atoms with van der Waals surface area (Å²) in [5.74, 6) is 1.89. The molecule has 37 heavy (non-hydrogen) atoms. The van der Waals surface area contributed by atoms with E-state index in [1.165, 1.54) is 27.8 Å². The molecule has 0 fully saturated rings. The van der Waals surface area contributed by atoms with E-state index in [0.717, 1.165) is 28.7 Å². The van der Waals surface area contributed by atoms with Crippen LogP contribution in [0.2, 0.25) is 0 Å². The van der Waals surface area contributed by atoms with Crippen LogP contribution in [0, 0.1) is 0 Å². The van der Waals surface area contributed by atoms with Crippen molar-refractivity contribution in [3.05, 3.63) is 133 Å². The minimum atomic E-state index is 0.607. The van der Waals surface area contributed by atoms with E-state index in [1.54, 1.807) is 0 Å². The molecular formula is C33H22N4. The summed E-state index contributed by atoms with van der Waals surface area (Å²) in [5, 5.41) is 0. The van der Waals surface area contributed by atoms with Gasteiger partial charge in [0.2, 0.25) is 0 Å². The molecule has 2 heterocycles. The third-order valence-electron chi connectivity index (χ3n) is 6.83. The molecule has 6 aromatic rings. The van der Waals surface area contributed by atoms with Crippen molar-refractivity contribution in [2.24, 2.45) is 0 Å². The van der Waals surface area contributed by atoms with Gasteiger partial charge in [0.15, 0.2) is 17.5 Å². The van der Waals surface area contributed by atoms with Crippen LogP contribution in [0.25, 0.3) is 56.4 Å². The fraction of sp³-hybridized carbons (Fsp3) is 0.0303. The molecule has 0 amide bonds. The number of hydrogen-bond donors (Lipinski definition) is 0. The zero-order chi connectivity index (χ0) is 24.6. The highest BCUT2D eigenvalue weighted by molar-refractivity contribution is 5.90. The quantitative estimate of drug-likeness (QED) is 0.265. The van der Waals surface area contributed by atoms with Crippen molar-refractivity contribution in [2.45, 2.75) is 6.42 Å². The molecule has 0 bridgehead atoms. The maximum atomic E-state index is 4.88. The van der Waals surface area contributed by atoms with Crippen LogP contribution >= 0.6 is 0 Å². The van der Waals surface area contributed by atoms with Gasteiger partial charge in [-0.2, -0.15) is 0 Å². The molecule has 2 aromatic heterocycles. The van der Waals surface area contributed by atoms with E-state index in [9.17, 15) is 0 Å². The van der Waals surface area contributed by atoms with Crippen molar-refractivity contribution >= 4 is 0 Å². The van der Waals surface area contributed by atoms with Crippen molar-refractivity contribution in [3.8, 4) is 56.4 Å². The van der Waals surface area contributed by atoms with E-state index < -0.39 is 0 Å². The minimum absolute atomic E-state index is 0.607. The summed E-state index contributed by atoms with van der Waals surface area (Å²) in [7, 11) is 0. The third kappa shape index (κ3) is 3.89. The van der Waals surface area contributed by atoms with Crippen molar-refractivity contribution in [1.82, 2.24) is 19.9 Å². The molecule has 4 nitrogen and oxygen atoms in total. The molecule has 0 N–H and O–H groups in total. The largest absolute Gasteiger partial charge is 0.263 e. The maximum Gasteiger partial charge on any atom is 0.165 e. The molecule has 0 radical (unpaired) electrons. The molecule has 0 atom stereocenters. The zero-order valence-corrected chi connectivity index (χ0v) is 20.0. The first-order valence-corrected chi connectivity index (χ1v) is 12.4. The Morgan fingerprint density at radius 2 is 0.973 bits per heavy atom. The molecule has 174 valence electrons. The van der Waals surface area contributed by atoms with Gasteiger partial charge in [-0.3, -0.25) is 4.98 Å². The van der Waals surface area contributed by atoms with E-state index in [4.69, 9.17) is 15.0 Å². The number of benzene rings is 4. The number of hydrogen-bond acceptors (Lipinski definition) is 4. The minimum Gasteiger partial charge on any atom is -0.263 e. The Hall–Kier alpha value is -4.96. The van der Waals surface area contributed by atoms with E-state index in [2.05, 4.69) is 53.5 Å². The summed E-state index contributed by atoms with van der Waals surface area (Å²) in [6.45, 7) is 0. The van der Waals surface area contributed by atoms with E-state index in [1.807, 2.05) is 73.1 Å². The fourth-order valence-electron chi connectivity index (χ4n) is 5.08. The standard InChI is InChI=1S/C33H22N4/c1-3-10-22(11-4-1)31-35-32(23-12-5-2-6-13-23)37-33(36-31)27-19-26(20-34-21-27)29-17-9-15-25-18-24-14-7-8-16-28(24)30(25)29/h1-17,19-21H,18H2. The molecule has 7 rings (SSSR count). The van der Waals surface area contributed by atoms with Crippen molar-refractivity contribution in [1.29, 1.82) is 0 Å². The smallest absolute Gasteiger partial charge is 0.165 e. The Kier molecular flexibility index (Phi) is 5.14. The maximum absolute atomic E-state index is 4.88. The zero-order valence-electron chi connectivity index (χ0n) is 20.0. The lowest BCUT2D eigenvalue weighted by Gasteiger charge is -2.12. The highest BCUT2D eigenvalue weighted by atomic mass is 15.0. The number of fused-ring (bicyclic) bond motifs is 3. The van der Waals surface area contributed by atoms with E-state index in [-0.39, 0.29) is 0 Å². The Labute approximate surface area is 215 Å². The second-order valence-electron chi connectivity index (χ2n) is 9.17. The second kappa shape index (κ2) is 8.92. The van der Waals surface area contributed by atoms with Gasteiger partial charge in [-0.15, -0.1) is 0 Å². The van der Waals surface area contributed by atoms with Crippen molar-refractivity contribution in [3.63, 3.8) is 0 Å². The monoisotopic (exact) mass is 474 g/mol.